The maximum atomic E-state index is 12.6. The number of anilines is 1. The molecule has 2 unspecified atom stereocenters. The fourth-order valence-electron chi connectivity index (χ4n) is 1.42. The van der Waals surface area contributed by atoms with Gasteiger partial charge in [0.25, 0.3) is 0 Å². The topological polar surface area (TPSA) is 106 Å². The Kier molecular flexibility index (Phi) is 4.90. The number of nitrogens with two attached hydrogens (primary N) is 1. The minimum atomic E-state index is -4.76. The van der Waals surface area contributed by atoms with Crippen LogP contribution in [-0.2, 0) is 15.7 Å². The van der Waals surface area contributed by atoms with Crippen molar-refractivity contribution in [2.24, 2.45) is 0 Å². The quantitative estimate of drug-likeness (QED) is 0.704. The van der Waals surface area contributed by atoms with Crippen LogP contribution in [0.25, 0.3) is 0 Å². The molecule has 0 radical (unpaired) electrons. The van der Waals surface area contributed by atoms with E-state index in [0.717, 1.165) is 6.20 Å². The molecule has 0 aliphatic rings. The fraction of sp³-hybridized carbons (Fsp3) is 0.455. The van der Waals surface area contributed by atoms with Crippen LogP contribution in [-0.4, -0.2) is 33.9 Å². The molecule has 0 amide bonds. The lowest BCUT2D eigenvalue weighted by Crippen LogP contribution is -2.30. The van der Waals surface area contributed by atoms with Crippen molar-refractivity contribution in [3.05, 3.63) is 23.4 Å². The summed E-state index contributed by atoms with van der Waals surface area (Å²) >= 11 is 0. The van der Waals surface area contributed by atoms with E-state index < -0.39 is 41.3 Å². The summed E-state index contributed by atoms with van der Waals surface area (Å²) in [6, 6.07) is 0.523. The Morgan fingerprint density at radius 1 is 1.50 bits per heavy atom. The van der Waals surface area contributed by atoms with Gasteiger partial charge in [-0.05, 0) is 13.0 Å². The highest BCUT2D eigenvalue weighted by molar-refractivity contribution is 5.75. The number of nitrogens with zero attached hydrogens (tertiary/aromatic N) is 1. The van der Waals surface area contributed by atoms with Gasteiger partial charge in [0.1, 0.15) is 11.9 Å². The van der Waals surface area contributed by atoms with Crippen LogP contribution >= 0.6 is 0 Å². The molecule has 6 nitrogen and oxygen atoms in total. The number of ether oxygens (including phenoxy) is 1. The lowest BCUT2D eigenvalue weighted by atomic mass is 10.0. The van der Waals surface area contributed by atoms with Crippen LogP contribution < -0.4 is 5.73 Å². The highest BCUT2D eigenvalue weighted by atomic mass is 19.4. The first-order chi connectivity index (χ1) is 9.18. The molecule has 0 spiro atoms. The van der Waals surface area contributed by atoms with Gasteiger partial charge in [-0.1, -0.05) is 0 Å². The minimum Gasteiger partial charge on any atom is -0.464 e. The highest BCUT2D eigenvalue weighted by Crippen LogP contribution is 2.34. The van der Waals surface area contributed by atoms with Crippen LogP contribution in [0.15, 0.2) is 12.3 Å². The van der Waals surface area contributed by atoms with Crippen molar-refractivity contribution in [2.45, 2.75) is 25.3 Å². The van der Waals surface area contributed by atoms with Crippen LogP contribution in [0.2, 0.25) is 0 Å². The molecular formula is C11H13F3N2O4. The van der Waals surface area contributed by atoms with Gasteiger partial charge in [0.15, 0.2) is 6.10 Å². The van der Waals surface area contributed by atoms with Gasteiger partial charge in [0.2, 0.25) is 0 Å². The average molecular weight is 294 g/mol. The molecule has 20 heavy (non-hydrogen) atoms. The first kappa shape index (κ1) is 16.2. The standard InChI is InChI=1S/C11H13F3N2O4/c1-2-20-10(19)8(18)7(17)5-3-6(11(12,13)14)9(15)16-4-5/h3-4,7-8,17-18H,2H2,1H3,(H2,15,16). The Labute approximate surface area is 112 Å². The molecule has 0 aliphatic carbocycles. The molecule has 0 fully saturated rings. The Morgan fingerprint density at radius 3 is 2.60 bits per heavy atom. The summed E-state index contributed by atoms with van der Waals surface area (Å²) in [5.41, 5.74) is 3.44. The van der Waals surface area contributed by atoms with Gasteiger partial charge < -0.3 is 20.7 Å². The Balaban J connectivity index is 3.05. The number of rotatable bonds is 4. The number of carbonyl (C=O) groups excluding carboxylic acids is 1. The van der Waals surface area contributed by atoms with E-state index in [9.17, 15) is 28.2 Å². The van der Waals surface area contributed by atoms with Gasteiger partial charge in [0, 0.05) is 11.8 Å². The molecule has 0 bridgehead atoms. The zero-order valence-electron chi connectivity index (χ0n) is 10.4. The van der Waals surface area contributed by atoms with E-state index in [1.165, 1.54) is 6.92 Å². The molecule has 0 aliphatic heterocycles. The number of esters is 1. The van der Waals surface area contributed by atoms with Gasteiger partial charge in [-0.2, -0.15) is 13.2 Å². The smallest absolute Gasteiger partial charge is 0.419 e. The molecule has 1 rings (SSSR count). The number of alkyl halides is 3. The van der Waals surface area contributed by atoms with Gasteiger partial charge in [-0.15, -0.1) is 0 Å². The zero-order chi connectivity index (χ0) is 15.5. The fourth-order valence-corrected chi connectivity index (χ4v) is 1.42. The SMILES string of the molecule is CCOC(=O)C(O)C(O)c1cnc(N)c(C(F)(F)F)c1. The number of aliphatic hydroxyl groups excluding tert-OH is 2. The van der Waals surface area contributed by atoms with E-state index in [-0.39, 0.29) is 6.61 Å². The Hall–Kier alpha value is -1.87. The minimum absolute atomic E-state index is 0.0452. The van der Waals surface area contributed by atoms with Crippen LogP contribution in [0.3, 0.4) is 0 Å². The Morgan fingerprint density at radius 2 is 2.10 bits per heavy atom. The second-order valence-electron chi connectivity index (χ2n) is 3.84. The second-order valence-corrected chi connectivity index (χ2v) is 3.84. The van der Waals surface area contributed by atoms with Crippen molar-refractivity contribution in [2.75, 3.05) is 12.3 Å². The van der Waals surface area contributed by atoms with E-state index in [0.29, 0.717) is 6.07 Å². The number of pyridine rings is 1. The third-order valence-corrected chi connectivity index (χ3v) is 2.41. The number of halogens is 3. The number of aliphatic hydroxyl groups is 2. The van der Waals surface area contributed by atoms with Crippen LogP contribution in [0, 0.1) is 0 Å². The summed E-state index contributed by atoms with van der Waals surface area (Å²) in [6.07, 6.45) is -7.83. The lowest BCUT2D eigenvalue weighted by molar-refractivity contribution is -0.159. The predicted octanol–water partition coefficient (Wildman–Crippen LogP) is 0.640. The van der Waals surface area contributed by atoms with E-state index in [1.54, 1.807) is 0 Å². The molecule has 1 aromatic heterocycles. The van der Waals surface area contributed by atoms with Gasteiger partial charge in [0.05, 0.1) is 12.2 Å². The molecule has 1 aromatic rings. The summed E-state index contributed by atoms with van der Waals surface area (Å²) < 4.78 is 42.3. The van der Waals surface area contributed by atoms with Crippen LogP contribution in [0.1, 0.15) is 24.2 Å². The van der Waals surface area contributed by atoms with Crippen LogP contribution in [0.4, 0.5) is 19.0 Å². The van der Waals surface area contributed by atoms with E-state index in [4.69, 9.17) is 5.73 Å². The maximum Gasteiger partial charge on any atom is 0.419 e. The van der Waals surface area contributed by atoms with Gasteiger partial charge in [-0.3, -0.25) is 0 Å². The van der Waals surface area contributed by atoms with Crippen molar-refractivity contribution in [3.8, 4) is 0 Å². The molecule has 2 atom stereocenters. The first-order valence-corrected chi connectivity index (χ1v) is 5.53. The maximum absolute atomic E-state index is 12.6. The molecule has 1 heterocycles. The average Bonchev–Trinajstić information content (AvgIpc) is 2.36. The monoisotopic (exact) mass is 294 g/mol. The van der Waals surface area contributed by atoms with Crippen molar-refractivity contribution in [3.63, 3.8) is 0 Å². The molecular weight excluding hydrogens is 281 g/mol. The number of nitrogen functional groups attached to an aromatic ring is 1. The molecule has 4 N–H and O–H groups in total. The normalized spacial score (nSPS) is 14.7. The van der Waals surface area contributed by atoms with E-state index >= 15 is 0 Å². The van der Waals surface area contributed by atoms with Gasteiger partial charge in [-0.25, -0.2) is 9.78 Å². The lowest BCUT2D eigenvalue weighted by Gasteiger charge is -2.18. The van der Waals surface area contributed by atoms with E-state index in [2.05, 4.69) is 9.72 Å². The van der Waals surface area contributed by atoms with Crippen LogP contribution in [0.5, 0.6) is 0 Å². The molecule has 0 saturated heterocycles. The second kappa shape index (κ2) is 6.06. The van der Waals surface area contributed by atoms with Crippen molar-refractivity contribution in [1.29, 1.82) is 0 Å². The predicted molar refractivity (Wildman–Crippen MR) is 61.3 cm³/mol. The molecule has 112 valence electrons. The molecule has 9 heteroatoms. The summed E-state index contributed by atoms with van der Waals surface area (Å²) in [5, 5.41) is 19.1. The summed E-state index contributed by atoms with van der Waals surface area (Å²) in [7, 11) is 0. The number of hydrogen-bond donors (Lipinski definition) is 3. The van der Waals surface area contributed by atoms with Gasteiger partial charge >= 0.3 is 12.1 Å². The van der Waals surface area contributed by atoms with Crippen molar-refractivity contribution >= 4 is 11.8 Å². The molecule has 0 saturated carbocycles. The van der Waals surface area contributed by atoms with Crippen molar-refractivity contribution < 1.29 is 32.9 Å². The summed E-state index contributed by atoms with van der Waals surface area (Å²) in [4.78, 5) is 14.5. The molecule has 0 aromatic carbocycles. The Bertz CT molecular complexity index is 493. The highest BCUT2D eigenvalue weighted by Gasteiger charge is 2.36. The number of hydrogen-bond acceptors (Lipinski definition) is 6. The largest absolute Gasteiger partial charge is 0.464 e. The van der Waals surface area contributed by atoms with Crippen molar-refractivity contribution in [1.82, 2.24) is 4.98 Å². The third kappa shape index (κ3) is 3.58. The first-order valence-electron chi connectivity index (χ1n) is 5.53. The third-order valence-electron chi connectivity index (χ3n) is 2.41. The number of aromatic nitrogens is 1. The van der Waals surface area contributed by atoms with E-state index in [1.807, 2.05) is 0 Å². The number of carbonyl (C=O) groups is 1. The summed E-state index contributed by atoms with van der Waals surface area (Å²) in [6.45, 7) is 1.43. The zero-order valence-corrected chi connectivity index (χ0v) is 10.4. The summed E-state index contributed by atoms with van der Waals surface area (Å²) in [5.74, 6) is -1.91.